The van der Waals surface area contributed by atoms with Crippen molar-refractivity contribution in [2.24, 2.45) is 0 Å². The predicted molar refractivity (Wildman–Crippen MR) is 89.2 cm³/mol. The van der Waals surface area contributed by atoms with Crippen molar-refractivity contribution in [3.63, 3.8) is 0 Å². The number of nitrogens with one attached hydrogen (secondary N) is 1. The lowest BCUT2D eigenvalue weighted by Crippen LogP contribution is -2.27. The zero-order valence-electron chi connectivity index (χ0n) is 12.9. The fourth-order valence-electron chi connectivity index (χ4n) is 2.53. The van der Waals surface area contributed by atoms with Gasteiger partial charge in [0, 0.05) is 18.9 Å². The van der Waals surface area contributed by atoms with E-state index in [1.807, 2.05) is 60.7 Å². The van der Waals surface area contributed by atoms with E-state index in [1.165, 1.54) is 0 Å². The lowest BCUT2D eigenvalue weighted by atomic mass is 9.92. The first-order valence-corrected chi connectivity index (χ1v) is 7.72. The van der Waals surface area contributed by atoms with Gasteiger partial charge in [0.1, 0.15) is 0 Å². The molecule has 0 aliphatic heterocycles. The summed E-state index contributed by atoms with van der Waals surface area (Å²) < 4.78 is 0. The van der Waals surface area contributed by atoms with Crippen molar-refractivity contribution in [2.75, 3.05) is 6.54 Å². The summed E-state index contributed by atoms with van der Waals surface area (Å²) in [5, 5.41) is 11.9. The van der Waals surface area contributed by atoms with Crippen LogP contribution in [0.15, 0.2) is 60.7 Å². The number of carbonyl (C=O) groups excluding carboxylic acids is 1. The molecule has 4 nitrogen and oxygen atoms in total. The van der Waals surface area contributed by atoms with Crippen LogP contribution in [-0.2, 0) is 16.0 Å². The minimum absolute atomic E-state index is 0.0455. The standard InChI is InChI=1S/C19H21NO3/c21-18(20-12-11-15-7-3-1-4-8-15)13-17(14-19(22)23)16-9-5-2-6-10-16/h1-10,17H,11-14H2,(H,20,21)(H,22,23)/t17-/m1/s1. The number of hydrogen-bond donors (Lipinski definition) is 2. The molecule has 2 rings (SSSR count). The Balaban J connectivity index is 1.86. The Bertz CT molecular complexity index is 626. The lowest BCUT2D eigenvalue weighted by Gasteiger charge is -2.15. The van der Waals surface area contributed by atoms with Crippen LogP contribution in [0.4, 0.5) is 0 Å². The van der Waals surface area contributed by atoms with Crippen LogP contribution < -0.4 is 5.32 Å². The zero-order valence-corrected chi connectivity index (χ0v) is 12.9. The van der Waals surface area contributed by atoms with Gasteiger partial charge in [0.05, 0.1) is 6.42 Å². The second-order valence-electron chi connectivity index (χ2n) is 5.50. The first-order chi connectivity index (χ1) is 11.1. The number of aliphatic carboxylic acids is 1. The van der Waals surface area contributed by atoms with E-state index in [9.17, 15) is 9.59 Å². The molecule has 120 valence electrons. The van der Waals surface area contributed by atoms with Gasteiger partial charge in [-0.3, -0.25) is 9.59 Å². The average Bonchev–Trinajstić information content (AvgIpc) is 2.56. The van der Waals surface area contributed by atoms with Gasteiger partial charge >= 0.3 is 5.97 Å². The average molecular weight is 311 g/mol. The molecule has 23 heavy (non-hydrogen) atoms. The third-order valence-electron chi connectivity index (χ3n) is 3.70. The number of amides is 1. The maximum absolute atomic E-state index is 12.1. The first kappa shape index (κ1) is 16.7. The monoisotopic (exact) mass is 311 g/mol. The molecule has 0 bridgehead atoms. The number of hydrogen-bond acceptors (Lipinski definition) is 2. The Morgan fingerprint density at radius 3 is 2.13 bits per heavy atom. The van der Waals surface area contributed by atoms with Crippen LogP contribution in [0.3, 0.4) is 0 Å². The molecule has 1 amide bonds. The SMILES string of the molecule is O=C(O)C[C@@H](CC(=O)NCCc1ccccc1)c1ccccc1. The van der Waals surface area contributed by atoms with Crippen molar-refractivity contribution >= 4 is 11.9 Å². The highest BCUT2D eigenvalue weighted by Crippen LogP contribution is 2.23. The summed E-state index contributed by atoms with van der Waals surface area (Å²) in [5.41, 5.74) is 2.05. The van der Waals surface area contributed by atoms with Gasteiger partial charge in [0.25, 0.3) is 0 Å². The molecule has 0 radical (unpaired) electrons. The van der Waals surface area contributed by atoms with Gasteiger partial charge < -0.3 is 10.4 Å². The van der Waals surface area contributed by atoms with Crippen molar-refractivity contribution in [3.8, 4) is 0 Å². The van der Waals surface area contributed by atoms with Crippen molar-refractivity contribution in [1.82, 2.24) is 5.32 Å². The van der Waals surface area contributed by atoms with E-state index in [2.05, 4.69) is 5.32 Å². The van der Waals surface area contributed by atoms with E-state index >= 15 is 0 Å². The topological polar surface area (TPSA) is 66.4 Å². The lowest BCUT2D eigenvalue weighted by molar-refractivity contribution is -0.137. The van der Waals surface area contributed by atoms with Crippen LogP contribution in [0.2, 0.25) is 0 Å². The van der Waals surface area contributed by atoms with E-state index in [0.29, 0.717) is 6.54 Å². The molecule has 0 aliphatic carbocycles. The van der Waals surface area contributed by atoms with Crippen LogP contribution in [0.5, 0.6) is 0 Å². The molecule has 0 aliphatic rings. The molecule has 0 unspecified atom stereocenters. The number of rotatable bonds is 8. The molecule has 4 heteroatoms. The molecule has 2 aromatic rings. The van der Waals surface area contributed by atoms with Gasteiger partial charge in [-0.25, -0.2) is 0 Å². The van der Waals surface area contributed by atoms with Gasteiger partial charge in [-0.05, 0) is 17.5 Å². The molecule has 0 saturated heterocycles. The Hall–Kier alpha value is -2.62. The summed E-state index contributed by atoms with van der Waals surface area (Å²) >= 11 is 0. The van der Waals surface area contributed by atoms with E-state index in [1.54, 1.807) is 0 Å². The third-order valence-corrected chi connectivity index (χ3v) is 3.70. The minimum atomic E-state index is -0.893. The fourth-order valence-corrected chi connectivity index (χ4v) is 2.53. The molecule has 0 heterocycles. The summed E-state index contributed by atoms with van der Waals surface area (Å²) in [4.78, 5) is 23.1. The predicted octanol–water partition coefficient (Wildman–Crippen LogP) is 2.99. The number of carboxylic acids is 1. The van der Waals surface area contributed by atoms with Crippen molar-refractivity contribution in [3.05, 3.63) is 71.8 Å². The Labute approximate surface area is 136 Å². The van der Waals surface area contributed by atoms with Crippen LogP contribution >= 0.6 is 0 Å². The summed E-state index contributed by atoms with van der Waals surface area (Å²) in [7, 11) is 0. The quantitative estimate of drug-likeness (QED) is 0.787. The van der Waals surface area contributed by atoms with Crippen LogP contribution in [0, 0.1) is 0 Å². The number of carboxylic acid groups (broad SMARTS) is 1. The maximum Gasteiger partial charge on any atom is 0.303 e. The molecule has 0 spiro atoms. The highest BCUT2D eigenvalue weighted by molar-refractivity contribution is 5.78. The van der Waals surface area contributed by atoms with Gasteiger partial charge in [0.2, 0.25) is 5.91 Å². The number of carbonyl (C=O) groups is 2. The van der Waals surface area contributed by atoms with Gasteiger partial charge in [-0.1, -0.05) is 60.7 Å². The van der Waals surface area contributed by atoms with E-state index < -0.39 is 5.97 Å². The Morgan fingerprint density at radius 1 is 0.913 bits per heavy atom. The van der Waals surface area contributed by atoms with E-state index in [0.717, 1.165) is 17.5 Å². The molecule has 2 N–H and O–H groups in total. The molecule has 2 aromatic carbocycles. The maximum atomic E-state index is 12.1. The summed E-state index contributed by atoms with van der Waals surface area (Å²) in [6.07, 6.45) is 0.905. The van der Waals surface area contributed by atoms with Crippen molar-refractivity contribution in [1.29, 1.82) is 0 Å². The Kier molecular flexibility index (Phi) is 6.36. The van der Waals surface area contributed by atoms with E-state index in [-0.39, 0.29) is 24.7 Å². The summed E-state index contributed by atoms with van der Waals surface area (Å²) in [5.74, 6) is -1.31. The summed E-state index contributed by atoms with van der Waals surface area (Å²) in [6, 6.07) is 19.3. The Morgan fingerprint density at radius 2 is 1.52 bits per heavy atom. The second kappa shape index (κ2) is 8.73. The zero-order chi connectivity index (χ0) is 16.5. The molecule has 0 saturated carbocycles. The van der Waals surface area contributed by atoms with Crippen LogP contribution in [-0.4, -0.2) is 23.5 Å². The smallest absolute Gasteiger partial charge is 0.303 e. The van der Waals surface area contributed by atoms with Crippen LogP contribution in [0.25, 0.3) is 0 Å². The highest BCUT2D eigenvalue weighted by Gasteiger charge is 2.18. The fraction of sp³-hybridized carbons (Fsp3) is 0.263. The molecule has 0 aromatic heterocycles. The van der Waals surface area contributed by atoms with Crippen LogP contribution in [0.1, 0.15) is 29.9 Å². The minimum Gasteiger partial charge on any atom is -0.481 e. The third kappa shape index (κ3) is 5.94. The molecule has 1 atom stereocenters. The molecule has 0 fully saturated rings. The molecular formula is C19H21NO3. The van der Waals surface area contributed by atoms with Gasteiger partial charge in [0.15, 0.2) is 0 Å². The second-order valence-corrected chi connectivity index (χ2v) is 5.50. The largest absolute Gasteiger partial charge is 0.481 e. The first-order valence-electron chi connectivity index (χ1n) is 7.72. The van der Waals surface area contributed by atoms with E-state index in [4.69, 9.17) is 5.11 Å². The normalized spacial score (nSPS) is 11.7. The number of benzene rings is 2. The van der Waals surface area contributed by atoms with Gasteiger partial charge in [-0.15, -0.1) is 0 Å². The summed E-state index contributed by atoms with van der Waals surface area (Å²) in [6.45, 7) is 0.553. The van der Waals surface area contributed by atoms with Gasteiger partial charge in [-0.2, -0.15) is 0 Å². The molecular weight excluding hydrogens is 290 g/mol. The highest BCUT2D eigenvalue weighted by atomic mass is 16.4. The van der Waals surface area contributed by atoms with Crippen molar-refractivity contribution < 1.29 is 14.7 Å². The van der Waals surface area contributed by atoms with Crippen molar-refractivity contribution in [2.45, 2.75) is 25.2 Å².